The Morgan fingerprint density at radius 3 is 2.12 bits per heavy atom. The third kappa shape index (κ3) is 4.12. The second kappa shape index (κ2) is 9.38. The molecule has 9 nitrogen and oxygen atoms in total. The van der Waals surface area contributed by atoms with E-state index in [4.69, 9.17) is 28.1 Å². The summed E-state index contributed by atoms with van der Waals surface area (Å²) in [6, 6.07) is 11.9. The van der Waals surface area contributed by atoms with Crippen LogP contribution in [0.4, 0.5) is 5.69 Å². The number of methoxy groups -OCH3 is 4. The Bertz CT molecular complexity index is 1240. The van der Waals surface area contributed by atoms with E-state index in [-0.39, 0.29) is 5.56 Å². The fourth-order valence-electron chi connectivity index (χ4n) is 4.04. The Labute approximate surface area is 196 Å². The van der Waals surface area contributed by atoms with Crippen molar-refractivity contribution in [1.29, 1.82) is 0 Å². The van der Waals surface area contributed by atoms with Crippen LogP contribution in [0.2, 0.25) is 0 Å². The van der Waals surface area contributed by atoms with E-state index in [9.17, 15) is 9.59 Å². The number of hydrogen-bond donors (Lipinski definition) is 1. The molecule has 0 unspecified atom stereocenters. The second-order valence-corrected chi connectivity index (χ2v) is 7.61. The lowest BCUT2D eigenvalue weighted by molar-refractivity contribution is -0.122. The van der Waals surface area contributed by atoms with Crippen molar-refractivity contribution in [1.82, 2.24) is 0 Å². The molecule has 0 spiro atoms. The van der Waals surface area contributed by atoms with Gasteiger partial charge in [0.1, 0.15) is 17.3 Å². The molecule has 2 heterocycles. The van der Waals surface area contributed by atoms with Gasteiger partial charge in [0.2, 0.25) is 5.75 Å². The van der Waals surface area contributed by atoms with Crippen LogP contribution in [0.25, 0.3) is 0 Å². The number of ether oxygens (including phenoxy) is 5. The van der Waals surface area contributed by atoms with Crippen LogP contribution >= 0.6 is 0 Å². The van der Waals surface area contributed by atoms with Crippen LogP contribution in [-0.2, 0) is 4.79 Å². The van der Waals surface area contributed by atoms with E-state index in [1.807, 2.05) is 0 Å². The largest absolute Gasteiger partial charge is 0.497 e. The third-order valence-corrected chi connectivity index (χ3v) is 5.60. The lowest BCUT2D eigenvalue weighted by atomic mass is 9.88. The number of fused-ring (bicyclic) bond motifs is 1. The normalized spacial score (nSPS) is 16.3. The van der Waals surface area contributed by atoms with Gasteiger partial charge < -0.3 is 33.4 Å². The van der Waals surface area contributed by atoms with Crippen molar-refractivity contribution in [3.8, 4) is 28.7 Å². The van der Waals surface area contributed by atoms with E-state index >= 15 is 0 Å². The van der Waals surface area contributed by atoms with E-state index in [0.717, 1.165) is 0 Å². The summed E-state index contributed by atoms with van der Waals surface area (Å²) in [5, 5.41) is 2.84. The molecule has 2 atom stereocenters. The first-order chi connectivity index (χ1) is 16.4. The number of hydrogen-bond acceptors (Lipinski definition) is 8. The minimum atomic E-state index is -1.05. The zero-order valence-electron chi connectivity index (χ0n) is 19.5. The lowest BCUT2D eigenvalue weighted by Crippen LogP contribution is -2.35. The van der Waals surface area contributed by atoms with Crippen LogP contribution in [0.1, 0.15) is 22.8 Å². The van der Waals surface area contributed by atoms with Crippen molar-refractivity contribution >= 4 is 11.6 Å². The zero-order chi connectivity index (χ0) is 24.4. The van der Waals surface area contributed by atoms with Gasteiger partial charge in [-0.2, -0.15) is 0 Å². The van der Waals surface area contributed by atoms with Gasteiger partial charge >= 0.3 is 5.63 Å². The van der Waals surface area contributed by atoms with Crippen molar-refractivity contribution in [2.45, 2.75) is 18.9 Å². The minimum absolute atomic E-state index is 0.245. The number of carbonyl (C=O) groups is 1. The van der Waals surface area contributed by atoms with E-state index < -0.39 is 23.6 Å². The molecule has 9 heteroatoms. The Kier molecular flexibility index (Phi) is 6.36. The van der Waals surface area contributed by atoms with Crippen LogP contribution in [0.3, 0.4) is 0 Å². The second-order valence-electron chi connectivity index (χ2n) is 7.61. The zero-order valence-corrected chi connectivity index (χ0v) is 19.5. The van der Waals surface area contributed by atoms with Gasteiger partial charge in [0, 0.05) is 11.8 Å². The maximum Gasteiger partial charge on any atom is 0.343 e. The molecule has 2 aromatic carbocycles. The Hall–Kier alpha value is -4.14. The van der Waals surface area contributed by atoms with E-state index in [2.05, 4.69) is 5.32 Å². The Morgan fingerprint density at radius 1 is 0.912 bits per heavy atom. The summed E-state index contributed by atoms with van der Waals surface area (Å²) in [5.74, 6) is 1.28. The summed E-state index contributed by atoms with van der Waals surface area (Å²) in [7, 11) is 6.04. The van der Waals surface area contributed by atoms with Crippen LogP contribution in [-0.4, -0.2) is 40.5 Å². The monoisotopic (exact) mass is 467 g/mol. The molecule has 0 fully saturated rings. The van der Waals surface area contributed by atoms with Gasteiger partial charge in [-0.1, -0.05) is 0 Å². The molecule has 0 radical (unpaired) electrons. The quantitative estimate of drug-likeness (QED) is 0.563. The minimum Gasteiger partial charge on any atom is -0.497 e. The predicted molar refractivity (Wildman–Crippen MR) is 124 cm³/mol. The summed E-state index contributed by atoms with van der Waals surface area (Å²) in [6.45, 7) is 1.64. The van der Waals surface area contributed by atoms with Gasteiger partial charge in [-0.25, -0.2) is 4.79 Å². The number of rotatable bonds is 7. The molecule has 178 valence electrons. The number of amides is 1. The summed E-state index contributed by atoms with van der Waals surface area (Å²) in [5.41, 5.74) is 0.791. The van der Waals surface area contributed by atoms with Crippen LogP contribution in [0, 0.1) is 6.92 Å². The highest BCUT2D eigenvalue weighted by molar-refractivity contribution is 5.96. The molecule has 4 rings (SSSR count). The van der Waals surface area contributed by atoms with E-state index in [1.54, 1.807) is 56.5 Å². The molecule has 34 heavy (non-hydrogen) atoms. The molecule has 0 saturated heterocycles. The molecular formula is C25H25NO8. The molecule has 1 amide bonds. The van der Waals surface area contributed by atoms with Crippen molar-refractivity contribution in [3.05, 3.63) is 69.8 Å². The fourth-order valence-corrected chi connectivity index (χ4v) is 4.04. The van der Waals surface area contributed by atoms with E-state index in [1.165, 1.54) is 21.3 Å². The Morgan fingerprint density at radius 2 is 1.56 bits per heavy atom. The lowest BCUT2D eigenvalue weighted by Gasteiger charge is -2.21. The van der Waals surface area contributed by atoms with E-state index in [0.29, 0.717) is 45.8 Å². The van der Waals surface area contributed by atoms with Crippen molar-refractivity contribution < 1.29 is 32.9 Å². The Balaban J connectivity index is 1.80. The fraction of sp³-hybridized carbons (Fsp3) is 0.280. The molecule has 0 saturated carbocycles. The SMILES string of the molecule is COc1ccc(NC(=O)[C@H]2Oc3cc(C)oc(=O)c3[C@H]2c2cc(OC)c(OC)c(OC)c2)cc1. The average Bonchev–Trinajstić information content (AvgIpc) is 3.23. The van der Waals surface area contributed by atoms with Crippen LogP contribution < -0.4 is 34.6 Å². The predicted octanol–water partition coefficient (Wildman–Crippen LogP) is 3.51. The number of carbonyl (C=O) groups excluding carboxylic acids is 1. The van der Waals surface area contributed by atoms with Gasteiger partial charge in [-0.15, -0.1) is 0 Å². The number of anilines is 1. The maximum atomic E-state index is 13.4. The molecular weight excluding hydrogens is 442 g/mol. The summed E-state index contributed by atoms with van der Waals surface area (Å²) in [4.78, 5) is 26.2. The van der Waals surface area contributed by atoms with Gasteiger partial charge in [0.25, 0.3) is 5.91 Å². The van der Waals surface area contributed by atoms with Crippen molar-refractivity contribution in [2.24, 2.45) is 0 Å². The molecule has 1 N–H and O–H groups in total. The van der Waals surface area contributed by atoms with Gasteiger partial charge in [-0.05, 0) is 48.9 Å². The van der Waals surface area contributed by atoms with Crippen molar-refractivity contribution in [2.75, 3.05) is 33.8 Å². The van der Waals surface area contributed by atoms with Gasteiger partial charge in [0.15, 0.2) is 17.6 Å². The first-order valence-electron chi connectivity index (χ1n) is 10.5. The molecule has 0 aliphatic carbocycles. The summed E-state index contributed by atoms with van der Waals surface area (Å²) in [6.07, 6.45) is -1.05. The topological polar surface area (TPSA) is 105 Å². The molecule has 3 aromatic rings. The molecule has 0 bridgehead atoms. The maximum absolute atomic E-state index is 13.4. The van der Waals surface area contributed by atoms with Crippen molar-refractivity contribution in [3.63, 3.8) is 0 Å². The number of benzene rings is 2. The third-order valence-electron chi connectivity index (χ3n) is 5.60. The molecule has 1 aromatic heterocycles. The standard InChI is InChI=1S/C25H25NO8/c1-13-10-17-21(25(28)33-13)20(14-11-18(30-3)22(32-5)19(12-14)31-4)23(34-17)24(27)26-15-6-8-16(29-2)9-7-15/h6-12,20,23H,1-5H3,(H,26,27)/t20-,23+/m1/s1. The first kappa shape index (κ1) is 23.0. The number of aryl methyl sites for hydroxylation is 1. The highest BCUT2D eigenvalue weighted by Crippen LogP contribution is 2.46. The van der Waals surface area contributed by atoms with Crippen LogP contribution in [0.5, 0.6) is 28.7 Å². The summed E-state index contributed by atoms with van der Waals surface area (Å²) >= 11 is 0. The molecule has 1 aliphatic rings. The van der Waals surface area contributed by atoms with Gasteiger partial charge in [0.05, 0.1) is 39.9 Å². The summed E-state index contributed by atoms with van der Waals surface area (Å²) < 4.78 is 32.8. The molecule has 1 aliphatic heterocycles. The smallest absolute Gasteiger partial charge is 0.343 e. The highest BCUT2D eigenvalue weighted by atomic mass is 16.5. The van der Waals surface area contributed by atoms with Crippen LogP contribution in [0.15, 0.2) is 51.7 Å². The first-order valence-corrected chi connectivity index (χ1v) is 10.5. The highest BCUT2D eigenvalue weighted by Gasteiger charge is 2.44. The average molecular weight is 467 g/mol. The van der Waals surface area contributed by atoms with Gasteiger partial charge in [-0.3, -0.25) is 4.79 Å². The number of nitrogens with one attached hydrogen (secondary N) is 1.